The average Bonchev–Trinajstić information content (AvgIpc) is 2.86. The van der Waals surface area contributed by atoms with Crippen molar-refractivity contribution in [2.24, 2.45) is 11.8 Å². The summed E-state index contributed by atoms with van der Waals surface area (Å²) in [5.41, 5.74) is 1.25. The van der Waals surface area contributed by atoms with Crippen LogP contribution in [-0.2, 0) is 6.42 Å². The maximum atomic E-state index is 12.5. The van der Waals surface area contributed by atoms with Crippen LogP contribution in [0.4, 0.5) is 0 Å². The van der Waals surface area contributed by atoms with Crippen LogP contribution in [0.1, 0.15) is 61.2 Å². The number of aryl methyl sites for hydroxylation is 1. The van der Waals surface area contributed by atoms with E-state index in [1.54, 1.807) is 11.3 Å². The van der Waals surface area contributed by atoms with Gasteiger partial charge in [-0.05, 0) is 42.2 Å². The molecule has 0 saturated heterocycles. The third kappa shape index (κ3) is 2.79. The molecular formula is C15H22OS. The molecule has 2 unspecified atom stereocenters. The summed E-state index contributed by atoms with van der Waals surface area (Å²) < 4.78 is 0. The van der Waals surface area contributed by atoms with Crippen LogP contribution in [0.15, 0.2) is 11.4 Å². The highest BCUT2D eigenvalue weighted by molar-refractivity contribution is 7.12. The summed E-state index contributed by atoms with van der Waals surface area (Å²) in [6.07, 6.45) is 7.00. The Morgan fingerprint density at radius 1 is 1.41 bits per heavy atom. The molecule has 0 amide bonds. The highest BCUT2D eigenvalue weighted by Crippen LogP contribution is 2.34. The number of carbonyl (C=O) groups excluding carboxylic acids is 1. The molecule has 0 bridgehead atoms. The van der Waals surface area contributed by atoms with Crippen molar-refractivity contribution in [3.8, 4) is 0 Å². The summed E-state index contributed by atoms with van der Waals surface area (Å²) in [6, 6.07) is 2.11. The number of hydrogen-bond acceptors (Lipinski definition) is 2. The molecule has 0 radical (unpaired) electrons. The number of ketones is 1. The quantitative estimate of drug-likeness (QED) is 0.707. The lowest BCUT2D eigenvalue weighted by Crippen LogP contribution is -2.22. The van der Waals surface area contributed by atoms with Crippen LogP contribution < -0.4 is 0 Å². The zero-order valence-electron chi connectivity index (χ0n) is 10.9. The Bertz CT molecular complexity index is 380. The van der Waals surface area contributed by atoms with E-state index in [9.17, 15) is 4.79 Å². The lowest BCUT2D eigenvalue weighted by molar-refractivity contribution is 0.0865. The van der Waals surface area contributed by atoms with Gasteiger partial charge in [0, 0.05) is 5.92 Å². The van der Waals surface area contributed by atoms with Crippen molar-refractivity contribution in [1.82, 2.24) is 0 Å². The number of hydrogen-bond donors (Lipinski definition) is 0. The van der Waals surface area contributed by atoms with E-state index in [1.165, 1.54) is 24.8 Å². The van der Waals surface area contributed by atoms with Gasteiger partial charge >= 0.3 is 0 Å². The summed E-state index contributed by atoms with van der Waals surface area (Å²) in [5, 5.41) is 2.06. The second-order valence-corrected chi connectivity index (χ2v) is 6.05. The molecule has 17 heavy (non-hydrogen) atoms. The minimum atomic E-state index is 0.303. The number of Topliss-reactive ketones (excluding diaryl/α,β-unsaturated/α-hetero) is 1. The zero-order chi connectivity index (χ0) is 12.3. The fourth-order valence-electron chi connectivity index (χ4n) is 2.92. The van der Waals surface area contributed by atoms with Gasteiger partial charge in [-0.3, -0.25) is 4.79 Å². The molecule has 0 aromatic carbocycles. The van der Waals surface area contributed by atoms with Crippen molar-refractivity contribution in [3.05, 3.63) is 21.9 Å². The Morgan fingerprint density at radius 2 is 2.24 bits per heavy atom. The monoisotopic (exact) mass is 250 g/mol. The van der Waals surface area contributed by atoms with Crippen LogP contribution in [0.5, 0.6) is 0 Å². The fourth-order valence-corrected chi connectivity index (χ4v) is 3.93. The molecule has 1 heterocycles. The number of thiophene rings is 1. The van der Waals surface area contributed by atoms with E-state index in [4.69, 9.17) is 0 Å². The minimum Gasteiger partial charge on any atom is -0.293 e. The number of rotatable bonds is 4. The van der Waals surface area contributed by atoms with Gasteiger partial charge in [-0.1, -0.05) is 33.1 Å². The first-order valence-corrected chi connectivity index (χ1v) is 7.74. The Kier molecular flexibility index (Phi) is 4.38. The van der Waals surface area contributed by atoms with Crippen molar-refractivity contribution < 1.29 is 4.79 Å². The highest BCUT2D eigenvalue weighted by Gasteiger charge is 2.28. The zero-order valence-corrected chi connectivity index (χ0v) is 11.7. The highest BCUT2D eigenvalue weighted by atomic mass is 32.1. The molecule has 1 saturated carbocycles. The molecule has 2 rings (SSSR count). The van der Waals surface area contributed by atoms with Crippen molar-refractivity contribution >= 4 is 17.1 Å². The summed E-state index contributed by atoms with van der Waals surface area (Å²) in [4.78, 5) is 13.5. The summed E-state index contributed by atoms with van der Waals surface area (Å²) >= 11 is 1.64. The minimum absolute atomic E-state index is 0.303. The van der Waals surface area contributed by atoms with Gasteiger partial charge in [0.05, 0.1) is 4.88 Å². The first-order valence-electron chi connectivity index (χ1n) is 6.86. The van der Waals surface area contributed by atoms with E-state index < -0.39 is 0 Å². The van der Waals surface area contributed by atoms with Gasteiger partial charge in [0.2, 0.25) is 0 Å². The van der Waals surface area contributed by atoms with E-state index in [-0.39, 0.29) is 0 Å². The summed E-state index contributed by atoms with van der Waals surface area (Å²) in [5.74, 6) is 1.51. The Hall–Kier alpha value is -0.630. The molecule has 94 valence electrons. The van der Waals surface area contributed by atoms with Crippen LogP contribution in [-0.4, -0.2) is 5.78 Å². The van der Waals surface area contributed by atoms with Crippen LogP contribution in [0.2, 0.25) is 0 Å². The van der Waals surface area contributed by atoms with Crippen LogP contribution in [0.25, 0.3) is 0 Å². The van der Waals surface area contributed by atoms with E-state index in [1.807, 2.05) is 0 Å². The van der Waals surface area contributed by atoms with E-state index >= 15 is 0 Å². The molecule has 1 aromatic heterocycles. The summed E-state index contributed by atoms with van der Waals surface area (Å²) in [6.45, 7) is 4.38. The predicted molar refractivity (Wildman–Crippen MR) is 73.8 cm³/mol. The average molecular weight is 250 g/mol. The first-order chi connectivity index (χ1) is 8.26. The molecule has 0 N–H and O–H groups in total. The van der Waals surface area contributed by atoms with Gasteiger partial charge in [-0.2, -0.15) is 0 Å². The normalized spacial score (nSPS) is 24.8. The second kappa shape index (κ2) is 5.81. The second-order valence-electron chi connectivity index (χ2n) is 5.13. The molecule has 2 heteroatoms. The van der Waals surface area contributed by atoms with Gasteiger partial charge in [0.15, 0.2) is 5.78 Å². The van der Waals surface area contributed by atoms with Crippen molar-refractivity contribution in [2.45, 2.75) is 52.4 Å². The topological polar surface area (TPSA) is 17.1 Å². The van der Waals surface area contributed by atoms with Gasteiger partial charge in [-0.25, -0.2) is 0 Å². The van der Waals surface area contributed by atoms with E-state index in [2.05, 4.69) is 25.3 Å². The van der Waals surface area contributed by atoms with Gasteiger partial charge in [0.1, 0.15) is 0 Å². The molecule has 1 aliphatic carbocycles. The number of carbonyl (C=O) groups is 1. The fraction of sp³-hybridized carbons (Fsp3) is 0.667. The Balaban J connectivity index is 2.09. The predicted octanol–water partition coefficient (Wildman–Crippen LogP) is 4.71. The molecule has 2 atom stereocenters. The first kappa shape index (κ1) is 12.8. The smallest absolute Gasteiger partial charge is 0.176 e. The third-order valence-corrected chi connectivity index (χ3v) is 5.05. The third-order valence-electron chi connectivity index (χ3n) is 4.08. The van der Waals surface area contributed by atoms with Crippen LogP contribution >= 0.6 is 11.3 Å². The van der Waals surface area contributed by atoms with Gasteiger partial charge < -0.3 is 0 Å². The Labute approximate surface area is 108 Å². The van der Waals surface area contributed by atoms with Crippen LogP contribution in [0.3, 0.4) is 0 Å². The van der Waals surface area contributed by atoms with Crippen molar-refractivity contribution in [1.29, 1.82) is 0 Å². The standard InChI is InChI=1S/C15H22OS/c1-3-11-6-5-7-13(10-11)14(16)15-12(4-2)8-9-17-15/h8-9,11,13H,3-7,10H2,1-2H3. The van der Waals surface area contributed by atoms with E-state index in [0.29, 0.717) is 11.7 Å². The largest absolute Gasteiger partial charge is 0.293 e. The van der Waals surface area contributed by atoms with Gasteiger partial charge in [0.25, 0.3) is 0 Å². The van der Waals surface area contributed by atoms with Crippen LogP contribution in [0, 0.1) is 11.8 Å². The Morgan fingerprint density at radius 3 is 2.94 bits per heavy atom. The summed E-state index contributed by atoms with van der Waals surface area (Å²) in [7, 11) is 0. The maximum absolute atomic E-state index is 12.5. The molecular weight excluding hydrogens is 228 g/mol. The molecule has 1 nitrogen and oxygen atoms in total. The SMILES string of the molecule is CCc1ccsc1C(=O)C1CCCC(CC)C1. The van der Waals surface area contributed by atoms with Gasteiger partial charge in [-0.15, -0.1) is 11.3 Å². The molecule has 0 spiro atoms. The van der Waals surface area contributed by atoms with Crippen molar-refractivity contribution in [2.75, 3.05) is 0 Å². The molecule has 1 fully saturated rings. The molecule has 0 aliphatic heterocycles. The van der Waals surface area contributed by atoms with E-state index in [0.717, 1.165) is 30.1 Å². The maximum Gasteiger partial charge on any atom is 0.176 e. The lowest BCUT2D eigenvalue weighted by Gasteiger charge is -2.27. The lowest BCUT2D eigenvalue weighted by atomic mass is 9.78. The molecule has 1 aliphatic rings. The van der Waals surface area contributed by atoms with Crippen molar-refractivity contribution in [3.63, 3.8) is 0 Å². The molecule has 1 aromatic rings.